The Bertz CT molecular complexity index is 1140. The average Bonchev–Trinajstić information content (AvgIpc) is 3.37. The molecule has 1 aliphatic carbocycles. The Labute approximate surface area is 187 Å². The van der Waals surface area contributed by atoms with Crippen LogP contribution in [0.15, 0.2) is 21.4 Å². The number of hydrogen-bond donors (Lipinski definition) is 2. The van der Waals surface area contributed by atoms with E-state index in [1.807, 2.05) is 12.1 Å². The predicted molar refractivity (Wildman–Crippen MR) is 124 cm³/mol. The minimum atomic E-state index is -0.587. The Hall–Kier alpha value is -1.48. The highest BCUT2D eigenvalue weighted by Crippen LogP contribution is 2.41. The second-order valence-electron chi connectivity index (χ2n) is 8.33. The highest BCUT2D eigenvalue weighted by Gasteiger charge is 2.22. The number of rotatable bonds is 6. The van der Waals surface area contributed by atoms with Crippen molar-refractivity contribution in [2.45, 2.75) is 63.6 Å². The predicted octanol–water partition coefficient (Wildman–Crippen LogP) is 3.98. The maximum absolute atomic E-state index is 13.0. The molecular formula is C22H26BrN3O3S. The molecule has 1 fully saturated rings. The first-order chi connectivity index (χ1) is 14.6. The normalized spacial score (nSPS) is 18.2. The van der Waals surface area contributed by atoms with Crippen LogP contribution in [0.5, 0.6) is 5.75 Å². The van der Waals surface area contributed by atoms with Gasteiger partial charge in [0.2, 0.25) is 0 Å². The number of aryl methyl sites for hydroxylation is 1. The fraction of sp³-hybridized carbons (Fsp3) is 0.545. The minimum absolute atomic E-state index is 0.0451. The van der Waals surface area contributed by atoms with Gasteiger partial charge < -0.3 is 15.2 Å². The Kier molecular flexibility index (Phi) is 5.84. The summed E-state index contributed by atoms with van der Waals surface area (Å²) >= 11 is 5.07. The summed E-state index contributed by atoms with van der Waals surface area (Å²) in [5.74, 6) is 1.56. The van der Waals surface area contributed by atoms with Gasteiger partial charge in [0.1, 0.15) is 23.4 Å². The number of aromatic nitrogens is 2. The number of benzene rings is 1. The van der Waals surface area contributed by atoms with Crippen molar-refractivity contribution in [2.24, 2.45) is 0 Å². The van der Waals surface area contributed by atoms with E-state index >= 15 is 0 Å². The van der Waals surface area contributed by atoms with E-state index in [-0.39, 0.29) is 12.2 Å². The first kappa shape index (κ1) is 20.4. The van der Waals surface area contributed by atoms with Crippen molar-refractivity contribution in [3.63, 3.8) is 0 Å². The van der Waals surface area contributed by atoms with Gasteiger partial charge in [0.05, 0.1) is 14.6 Å². The van der Waals surface area contributed by atoms with Crippen LogP contribution in [0, 0.1) is 0 Å². The molecule has 2 aliphatic rings. The zero-order valence-electron chi connectivity index (χ0n) is 16.8. The van der Waals surface area contributed by atoms with Crippen LogP contribution in [-0.2, 0) is 13.0 Å². The van der Waals surface area contributed by atoms with E-state index in [4.69, 9.17) is 9.72 Å². The Morgan fingerprint density at radius 3 is 2.97 bits per heavy atom. The minimum Gasteiger partial charge on any atom is -0.488 e. The molecule has 2 aromatic heterocycles. The molecule has 1 unspecified atom stereocenters. The first-order valence-corrected chi connectivity index (χ1v) is 12.4. The molecule has 5 rings (SSSR count). The number of hydrogen-bond acceptors (Lipinski definition) is 6. The number of thiophene rings is 1. The van der Waals surface area contributed by atoms with E-state index in [1.165, 1.54) is 43.4 Å². The summed E-state index contributed by atoms with van der Waals surface area (Å²) in [5, 5.41) is 15.5. The summed E-state index contributed by atoms with van der Waals surface area (Å²) in [6.07, 6.45) is 7.47. The molecule has 1 aromatic carbocycles. The molecule has 1 aliphatic heterocycles. The first-order valence-electron chi connectivity index (χ1n) is 10.8. The van der Waals surface area contributed by atoms with E-state index < -0.39 is 6.10 Å². The molecule has 0 saturated heterocycles. The van der Waals surface area contributed by atoms with E-state index in [0.29, 0.717) is 23.7 Å². The number of aliphatic hydroxyl groups is 1. The zero-order valence-corrected chi connectivity index (χ0v) is 19.2. The highest BCUT2D eigenvalue weighted by molar-refractivity contribution is 9.10. The molecular weight excluding hydrogens is 466 g/mol. The Morgan fingerprint density at radius 2 is 2.13 bits per heavy atom. The molecule has 0 amide bonds. The summed E-state index contributed by atoms with van der Waals surface area (Å²) in [5.41, 5.74) is 0.0451. The van der Waals surface area contributed by atoms with Gasteiger partial charge in [-0.25, -0.2) is 4.98 Å². The maximum atomic E-state index is 13.0. The van der Waals surface area contributed by atoms with Gasteiger partial charge in [0, 0.05) is 30.9 Å². The van der Waals surface area contributed by atoms with Crippen molar-refractivity contribution in [3.8, 4) is 5.75 Å². The van der Waals surface area contributed by atoms with Gasteiger partial charge in [-0.05, 0) is 41.3 Å². The fourth-order valence-electron chi connectivity index (χ4n) is 4.61. The zero-order chi connectivity index (χ0) is 20.7. The number of aliphatic hydroxyl groups excluding tert-OH is 1. The van der Waals surface area contributed by atoms with E-state index in [2.05, 4.69) is 21.2 Å². The van der Waals surface area contributed by atoms with Crippen molar-refractivity contribution >= 4 is 47.6 Å². The second-order valence-corrected chi connectivity index (χ2v) is 10.2. The molecule has 6 nitrogen and oxygen atoms in total. The van der Waals surface area contributed by atoms with E-state index in [9.17, 15) is 9.90 Å². The molecule has 160 valence electrons. The highest BCUT2D eigenvalue weighted by atomic mass is 79.9. The number of ether oxygens (including phenoxy) is 1. The molecule has 1 saturated carbocycles. The lowest BCUT2D eigenvalue weighted by molar-refractivity contribution is 0.102. The molecule has 30 heavy (non-hydrogen) atoms. The Morgan fingerprint density at radius 1 is 1.30 bits per heavy atom. The molecule has 0 spiro atoms. The molecule has 2 N–H and O–H groups in total. The third-order valence-corrected chi connectivity index (χ3v) is 7.92. The molecule has 3 heterocycles. The molecule has 8 heteroatoms. The number of nitrogens with one attached hydrogen (secondary N) is 1. The van der Waals surface area contributed by atoms with Crippen molar-refractivity contribution in [2.75, 3.05) is 13.2 Å². The Balaban J connectivity index is 1.38. The quantitative estimate of drug-likeness (QED) is 0.545. The van der Waals surface area contributed by atoms with Gasteiger partial charge in [-0.15, -0.1) is 11.3 Å². The van der Waals surface area contributed by atoms with Crippen molar-refractivity contribution < 1.29 is 9.84 Å². The molecule has 1 atom stereocenters. The average molecular weight is 492 g/mol. The van der Waals surface area contributed by atoms with Gasteiger partial charge in [-0.3, -0.25) is 9.36 Å². The second kappa shape index (κ2) is 8.57. The monoisotopic (exact) mass is 491 g/mol. The third kappa shape index (κ3) is 3.79. The van der Waals surface area contributed by atoms with Crippen LogP contribution in [-0.4, -0.2) is 40.0 Å². The number of halogens is 1. The summed E-state index contributed by atoms with van der Waals surface area (Å²) < 4.78 is 9.59. The molecule has 0 radical (unpaired) electrons. The third-order valence-electron chi connectivity index (χ3n) is 6.20. The lowest BCUT2D eigenvalue weighted by Crippen LogP contribution is -2.39. The van der Waals surface area contributed by atoms with Crippen molar-refractivity contribution in [3.05, 3.63) is 32.8 Å². The topological polar surface area (TPSA) is 76.4 Å². The van der Waals surface area contributed by atoms with Crippen molar-refractivity contribution in [1.82, 2.24) is 14.9 Å². The van der Waals surface area contributed by atoms with E-state index in [0.717, 1.165) is 44.6 Å². The standard InChI is InChI=1S/C22H26BrN3O3S/c23-16-9-8-15-18-21(25-17-7-4-10-26(17)22(18)28)30-20(15)19(16)29-12-14(27)11-24-13-5-2-1-3-6-13/h8-9,13-14,24,27H,1-7,10-12H2. The number of fused-ring (bicyclic) bond motifs is 4. The fourth-order valence-corrected chi connectivity index (χ4v) is 6.38. The SMILES string of the molecule is O=c1c2c(nc3n1CCC3)sc1c(OCC(O)CNC3CCCCC3)c(Br)ccc12. The van der Waals surface area contributed by atoms with Gasteiger partial charge in [0.25, 0.3) is 5.56 Å². The summed E-state index contributed by atoms with van der Waals surface area (Å²) in [6, 6.07) is 4.37. The van der Waals surface area contributed by atoms with Crippen LogP contribution in [0.25, 0.3) is 20.3 Å². The summed E-state index contributed by atoms with van der Waals surface area (Å²) in [7, 11) is 0. The van der Waals surface area contributed by atoms with Gasteiger partial charge in [-0.1, -0.05) is 25.3 Å². The van der Waals surface area contributed by atoms with Crippen molar-refractivity contribution in [1.29, 1.82) is 0 Å². The van der Waals surface area contributed by atoms with Crippen LogP contribution in [0.1, 0.15) is 44.3 Å². The van der Waals surface area contributed by atoms with Crippen LogP contribution >= 0.6 is 27.3 Å². The summed E-state index contributed by atoms with van der Waals surface area (Å²) in [4.78, 5) is 18.5. The van der Waals surface area contributed by atoms with E-state index in [1.54, 1.807) is 4.57 Å². The van der Waals surface area contributed by atoms with Crippen LogP contribution in [0.4, 0.5) is 0 Å². The van der Waals surface area contributed by atoms with Crippen LogP contribution in [0.3, 0.4) is 0 Å². The van der Waals surface area contributed by atoms with Crippen LogP contribution in [0.2, 0.25) is 0 Å². The lowest BCUT2D eigenvalue weighted by atomic mass is 9.95. The summed E-state index contributed by atoms with van der Waals surface area (Å²) in [6.45, 7) is 1.48. The lowest BCUT2D eigenvalue weighted by Gasteiger charge is -2.24. The van der Waals surface area contributed by atoms with Gasteiger partial charge in [0.15, 0.2) is 5.75 Å². The smallest absolute Gasteiger partial charge is 0.262 e. The van der Waals surface area contributed by atoms with Crippen LogP contribution < -0.4 is 15.6 Å². The number of nitrogens with zero attached hydrogens (tertiary/aromatic N) is 2. The molecule has 3 aromatic rings. The van der Waals surface area contributed by atoms with Gasteiger partial charge in [-0.2, -0.15) is 0 Å². The molecule has 0 bridgehead atoms. The maximum Gasteiger partial charge on any atom is 0.262 e. The largest absolute Gasteiger partial charge is 0.488 e. The van der Waals surface area contributed by atoms with Gasteiger partial charge >= 0.3 is 0 Å².